The minimum Gasteiger partial charge on any atom is -0.415 e. The number of hydrogen-bond acceptors (Lipinski definition) is 3. The van der Waals surface area contributed by atoms with Gasteiger partial charge in [0.1, 0.15) is 6.54 Å². The maximum Gasteiger partial charge on any atom is 0.315 e. The third-order valence-electron chi connectivity index (χ3n) is 4.95. The number of rotatable bonds is 8. The molecular weight excluding hydrogens is 314 g/mol. The van der Waals surface area contributed by atoms with E-state index in [1.807, 2.05) is 66.7 Å². The van der Waals surface area contributed by atoms with Crippen molar-refractivity contribution >= 4 is 11.8 Å². The topological polar surface area (TPSA) is 43.4 Å². The number of hydrogen-bond donors (Lipinski definition) is 0. The smallest absolute Gasteiger partial charge is 0.315 e. The molecule has 0 aliphatic rings. The highest BCUT2D eigenvalue weighted by Crippen LogP contribution is 2.18. The first kappa shape index (κ1) is 21.4. The zero-order valence-electron chi connectivity index (χ0n) is 16.9. The van der Waals surface area contributed by atoms with E-state index < -0.39 is 5.41 Å². The average Bonchev–Trinajstić information content (AvgIpc) is 2.54. The van der Waals surface area contributed by atoms with Crippen LogP contribution in [0.25, 0.3) is 0 Å². The average molecular weight is 349 g/mol. The van der Waals surface area contributed by atoms with Crippen molar-refractivity contribution in [2.75, 3.05) is 26.4 Å². The van der Waals surface area contributed by atoms with Crippen LogP contribution in [0.3, 0.4) is 0 Å². The third kappa shape index (κ3) is 5.96. The summed E-state index contributed by atoms with van der Waals surface area (Å²) in [5.41, 5.74) is 2.89. The van der Waals surface area contributed by atoms with Crippen molar-refractivity contribution < 1.29 is 18.8 Å². The number of quaternary nitrogens is 1. The summed E-state index contributed by atoms with van der Waals surface area (Å²) < 4.78 is 6.01. The number of esters is 1. The van der Waals surface area contributed by atoms with Crippen molar-refractivity contribution in [2.24, 2.45) is 5.41 Å². The largest absolute Gasteiger partial charge is 0.415 e. The van der Waals surface area contributed by atoms with E-state index in [0.29, 0.717) is 17.4 Å². The second-order valence-electron chi connectivity index (χ2n) is 8.03. The first-order chi connectivity index (χ1) is 11.5. The van der Waals surface area contributed by atoms with Gasteiger partial charge in [-0.3, -0.25) is 14.1 Å². The summed E-state index contributed by atoms with van der Waals surface area (Å²) in [6.45, 7) is 15.8. The van der Waals surface area contributed by atoms with Gasteiger partial charge in [0.25, 0.3) is 0 Å². The molecule has 1 aromatic rings. The van der Waals surface area contributed by atoms with Crippen LogP contribution in [0.15, 0.2) is 18.2 Å². The molecule has 1 rings (SSSR count). The molecule has 0 aliphatic heterocycles. The SMILES string of the molecule is CC[N+](CC)(COC(=O)C(C)(C)C)CC(=O)Cc1c(C)cccc1C. The standard InChI is InChI=1S/C21H34NO3/c1-8-22(9-2,15-25-20(24)21(5,6)7)14-18(23)13-19-16(3)11-10-12-17(19)4/h10-12H,8-9,13-15H2,1-7H3/q+1. The Morgan fingerprint density at radius 1 is 1.04 bits per heavy atom. The lowest BCUT2D eigenvalue weighted by molar-refractivity contribution is -0.933. The molecule has 0 aromatic heterocycles. The van der Waals surface area contributed by atoms with Crippen LogP contribution in [0.2, 0.25) is 0 Å². The molecule has 0 spiro atoms. The van der Waals surface area contributed by atoms with Crippen LogP contribution >= 0.6 is 0 Å². The summed E-state index contributed by atoms with van der Waals surface area (Å²) >= 11 is 0. The van der Waals surface area contributed by atoms with Crippen molar-refractivity contribution in [2.45, 2.75) is 54.9 Å². The molecule has 4 nitrogen and oxygen atoms in total. The molecular formula is C21H34NO3+. The van der Waals surface area contributed by atoms with Gasteiger partial charge < -0.3 is 4.74 Å². The Labute approximate surface area is 152 Å². The molecule has 0 fully saturated rings. The van der Waals surface area contributed by atoms with Crippen molar-refractivity contribution in [3.63, 3.8) is 0 Å². The van der Waals surface area contributed by atoms with Crippen LogP contribution < -0.4 is 0 Å². The second kappa shape index (κ2) is 8.61. The number of likely N-dealkylation sites (N-methyl/N-ethyl adjacent to an activating group) is 1. The number of benzene rings is 1. The normalized spacial score (nSPS) is 12.1. The van der Waals surface area contributed by atoms with E-state index in [1.54, 1.807) is 0 Å². The molecule has 0 N–H and O–H groups in total. The van der Waals surface area contributed by atoms with Gasteiger partial charge in [-0.15, -0.1) is 0 Å². The predicted molar refractivity (Wildman–Crippen MR) is 101 cm³/mol. The van der Waals surface area contributed by atoms with Gasteiger partial charge in [0.2, 0.25) is 6.73 Å². The minimum atomic E-state index is -0.528. The van der Waals surface area contributed by atoms with Crippen LogP contribution in [-0.2, 0) is 20.7 Å². The third-order valence-corrected chi connectivity index (χ3v) is 4.95. The quantitative estimate of drug-likeness (QED) is 0.407. The van der Waals surface area contributed by atoms with E-state index >= 15 is 0 Å². The number of carbonyl (C=O) groups excluding carboxylic acids is 2. The summed E-state index contributed by atoms with van der Waals surface area (Å²) in [5.74, 6) is -0.0352. The minimum absolute atomic E-state index is 0.188. The highest BCUT2D eigenvalue weighted by atomic mass is 16.5. The molecule has 140 valence electrons. The number of aryl methyl sites for hydroxylation is 2. The fourth-order valence-electron chi connectivity index (χ4n) is 2.84. The first-order valence-corrected chi connectivity index (χ1v) is 9.13. The van der Waals surface area contributed by atoms with Crippen molar-refractivity contribution in [3.8, 4) is 0 Å². The van der Waals surface area contributed by atoms with E-state index in [2.05, 4.69) is 0 Å². The van der Waals surface area contributed by atoms with E-state index in [9.17, 15) is 9.59 Å². The second-order valence-corrected chi connectivity index (χ2v) is 8.03. The fraction of sp³-hybridized carbons (Fsp3) is 0.619. The predicted octanol–water partition coefficient (Wildman–Crippen LogP) is 3.82. The maximum absolute atomic E-state index is 12.7. The number of nitrogens with zero attached hydrogens (tertiary/aromatic N) is 1. The van der Waals surface area contributed by atoms with Gasteiger partial charge in [0.15, 0.2) is 5.78 Å². The zero-order valence-corrected chi connectivity index (χ0v) is 16.9. The Bertz CT molecular complexity index is 590. The van der Waals surface area contributed by atoms with Gasteiger partial charge in [0.05, 0.1) is 18.5 Å². The highest BCUT2D eigenvalue weighted by molar-refractivity contribution is 5.82. The highest BCUT2D eigenvalue weighted by Gasteiger charge is 2.31. The number of ether oxygens (including phenoxy) is 1. The maximum atomic E-state index is 12.7. The summed E-state index contributed by atoms with van der Waals surface area (Å²) in [6, 6.07) is 6.11. The Morgan fingerprint density at radius 3 is 2.00 bits per heavy atom. The molecule has 0 amide bonds. The van der Waals surface area contributed by atoms with Crippen LogP contribution in [0.1, 0.15) is 51.3 Å². The van der Waals surface area contributed by atoms with Crippen LogP contribution in [0.4, 0.5) is 0 Å². The Balaban J connectivity index is 2.82. The number of Topliss-reactive ketones (excluding diaryl/α,β-unsaturated/α-hetero) is 1. The summed E-state index contributed by atoms with van der Waals surface area (Å²) in [4.78, 5) is 24.8. The fourth-order valence-corrected chi connectivity index (χ4v) is 2.84. The lowest BCUT2D eigenvalue weighted by Crippen LogP contribution is -2.53. The molecule has 0 saturated carbocycles. The molecule has 0 unspecified atom stereocenters. The molecule has 4 heteroatoms. The van der Waals surface area contributed by atoms with Gasteiger partial charge in [-0.25, -0.2) is 0 Å². The van der Waals surface area contributed by atoms with Crippen LogP contribution in [0.5, 0.6) is 0 Å². The lowest BCUT2D eigenvalue weighted by atomic mass is 9.97. The van der Waals surface area contributed by atoms with Gasteiger partial charge in [-0.2, -0.15) is 0 Å². The summed E-state index contributed by atoms with van der Waals surface area (Å²) in [6.07, 6.45) is 0.436. The van der Waals surface area contributed by atoms with E-state index in [0.717, 1.165) is 29.8 Å². The van der Waals surface area contributed by atoms with Crippen molar-refractivity contribution in [1.82, 2.24) is 0 Å². The van der Waals surface area contributed by atoms with Crippen LogP contribution in [0, 0.1) is 19.3 Å². The molecule has 0 saturated heterocycles. The first-order valence-electron chi connectivity index (χ1n) is 9.13. The molecule has 25 heavy (non-hydrogen) atoms. The van der Waals surface area contributed by atoms with E-state index in [4.69, 9.17) is 4.74 Å². The van der Waals surface area contributed by atoms with Crippen molar-refractivity contribution in [3.05, 3.63) is 34.9 Å². The number of carbonyl (C=O) groups is 2. The number of ketones is 1. The molecule has 0 radical (unpaired) electrons. The molecule has 0 atom stereocenters. The summed E-state index contributed by atoms with van der Waals surface area (Å²) in [7, 11) is 0. The Morgan fingerprint density at radius 2 is 1.56 bits per heavy atom. The van der Waals surface area contributed by atoms with Crippen LogP contribution in [-0.4, -0.2) is 42.6 Å². The van der Waals surface area contributed by atoms with E-state index in [1.165, 1.54) is 0 Å². The Hall–Kier alpha value is -1.68. The molecule has 0 bridgehead atoms. The van der Waals surface area contributed by atoms with E-state index in [-0.39, 0.29) is 18.5 Å². The van der Waals surface area contributed by atoms with Crippen molar-refractivity contribution in [1.29, 1.82) is 0 Å². The molecule has 1 aromatic carbocycles. The van der Waals surface area contributed by atoms with Gasteiger partial charge >= 0.3 is 5.97 Å². The Kier molecular flexibility index (Phi) is 7.36. The van der Waals surface area contributed by atoms with Gasteiger partial charge in [0, 0.05) is 6.42 Å². The lowest BCUT2D eigenvalue weighted by Gasteiger charge is -2.36. The molecule has 0 heterocycles. The monoisotopic (exact) mass is 348 g/mol. The van der Waals surface area contributed by atoms with Gasteiger partial charge in [-0.05, 0) is 65.2 Å². The summed E-state index contributed by atoms with van der Waals surface area (Å²) in [5, 5.41) is 0. The zero-order chi connectivity index (χ0) is 19.3. The molecule has 0 aliphatic carbocycles. The van der Waals surface area contributed by atoms with Gasteiger partial charge in [-0.1, -0.05) is 18.2 Å².